The zero-order valence-electron chi connectivity index (χ0n) is 25.3. The number of hydrogen-bond acceptors (Lipinski definition) is 6. The fourth-order valence-corrected chi connectivity index (χ4v) is 4.38. The minimum Gasteiger partial charge on any atom is -0.447 e. The third-order valence-corrected chi connectivity index (χ3v) is 6.76. The highest BCUT2D eigenvalue weighted by Gasteiger charge is 2.23. The first kappa shape index (κ1) is 35.3. The second kappa shape index (κ2) is 24.1. The number of unbranched alkanes of at least 4 members (excludes halogenated alkanes) is 12. The number of amides is 3. The molecule has 228 valence electrons. The number of carbonyl (C=O) groups is 3. The average Bonchev–Trinajstić information content (AvgIpc) is 2.95. The zero-order valence-corrected chi connectivity index (χ0v) is 25.3. The standard InChI is InChI=1S/C31H53N3O6/c1-4-6-7-8-9-10-11-12-13-14-15-16-18-21-32-30(36)39-25-23-38-24-26-40-31(37)34(28(3)35)27-29-20-17-19-22-33(29)5-2/h17,19-20,22H,4-16,18,21,23-27H2,1-3H3/p+1. The smallest absolute Gasteiger partial charge is 0.417 e. The van der Waals surface area contributed by atoms with E-state index in [0.717, 1.165) is 30.0 Å². The lowest BCUT2D eigenvalue weighted by molar-refractivity contribution is -0.701. The SMILES string of the molecule is CCCCCCCCCCCCCCCNC(=O)OCCOCCOC(=O)N(Cc1cccc[n+]1CC)C(C)=O. The molecule has 0 aliphatic carbocycles. The minimum atomic E-state index is -0.716. The monoisotopic (exact) mass is 564 g/mol. The molecule has 0 aliphatic heterocycles. The van der Waals surface area contributed by atoms with E-state index in [1.165, 1.54) is 77.6 Å². The number of imide groups is 1. The van der Waals surface area contributed by atoms with Crippen LogP contribution in [-0.2, 0) is 32.1 Å². The van der Waals surface area contributed by atoms with Crippen LogP contribution in [0.2, 0.25) is 0 Å². The number of aromatic nitrogens is 1. The van der Waals surface area contributed by atoms with E-state index in [1.807, 2.05) is 35.9 Å². The summed E-state index contributed by atoms with van der Waals surface area (Å²) in [4.78, 5) is 37.2. The second-order valence-corrected chi connectivity index (χ2v) is 10.1. The maximum absolute atomic E-state index is 12.4. The number of nitrogens with zero attached hydrogens (tertiary/aromatic N) is 2. The van der Waals surface area contributed by atoms with Crippen LogP contribution in [0, 0.1) is 0 Å². The molecule has 1 aromatic rings. The molecule has 9 heteroatoms. The van der Waals surface area contributed by atoms with Crippen LogP contribution in [0.4, 0.5) is 9.59 Å². The van der Waals surface area contributed by atoms with E-state index >= 15 is 0 Å². The summed E-state index contributed by atoms with van der Waals surface area (Å²) in [5.41, 5.74) is 0.831. The molecular weight excluding hydrogens is 510 g/mol. The lowest BCUT2D eigenvalue weighted by Crippen LogP contribution is -2.43. The molecule has 0 saturated heterocycles. The van der Waals surface area contributed by atoms with E-state index in [4.69, 9.17) is 14.2 Å². The third kappa shape index (κ3) is 17.8. The molecule has 40 heavy (non-hydrogen) atoms. The van der Waals surface area contributed by atoms with Crippen LogP contribution in [0.15, 0.2) is 24.4 Å². The Kier molecular flexibility index (Phi) is 21.3. The summed E-state index contributed by atoms with van der Waals surface area (Å²) >= 11 is 0. The van der Waals surface area contributed by atoms with Crippen molar-refractivity contribution in [2.75, 3.05) is 33.0 Å². The van der Waals surface area contributed by atoms with Crippen molar-refractivity contribution in [1.29, 1.82) is 0 Å². The first-order valence-electron chi connectivity index (χ1n) is 15.4. The maximum atomic E-state index is 12.4. The molecular formula is C31H54N3O6+. The van der Waals surface area contributed by atoms with Gasteiger partial charge in [-0.1, -0.05) is 90.0 Å². The van der Waals surface area contributed by atoms with Crippen molar-refractivity contribution in [3.8, 4) is 0 Å². The Hall–Kier alpha value is -2.68. The molecule has 0 saturated carbocycles. The largest absolute Gasteiger partial charge is 0.447 e. The third-order valence-electron chi connectivity index (χ3n) is 6.76. The highest BCUT2D eigenvalue weighted by atomic mass is 16.6. The van der Waals surface area contributed by atoms with Gasteiger partial charge in [-0.05, 0) is 13.3 Å². The van der Waals surface area contributed by atoms with E-state index in [1.54, 1.807) is 0 Å². The fourth-order valence-electron chi connectivity index (χ4n) is 4.38. The van der Waals surface area contributed by atoms with Crippen LogP contribution in [0.3, 0.4) is 0 Å². The number of aryl methyl sites for hydroxylation is 1. The van der Waals surface area contributed by atoms with Crippen LogP contribution >= 0.6 is 0 Å². The molecule has 0 unspecified atom stereocenters. The summed E-state index contributed by atoms with van der Waals surface area (Å²) in [5.74, 6) is -0.393. The molecule has 1 heterocycles. The summed E-state index contributed by atoms with van der Waals surface area (Å²) in [6.45, 7) is 7.50. The first-order chi connectivity index (χ1) is 19.5. The van der Waals surface area contributed by atoms with Gasteiger partial charge in [0.05, 0.1) is 13.2 Å². The van der Waals surface area contributed by atoms with E-state index in [9.17, 15) is 14.4 Å². The molecule has 1 N–H and O–H groups in total. The number of alkyl carbamates (subject to hydrolysis) is 1. The van der Waals surface area contributed by atoms with Crippen molar-refractivity contribution in [1.82, 2.24) is 10.2 Å². The molecule has 9 nitrogen and oxygen atoms in total. The number of ether oxygens (including phenoxy) is 3. The Labute approximate surface area is 241 Å². The summed E-state index contributed by atoms with van der Waals surface area (Å²) in [5, 5.41) is 2.77. The van der Waals surface area contributed by atoms with Crippen molar-refractivity contribution in [2.45, 2.75) is 117 Å². The molecule has 0 fully saturated rings. The van der Waals surface area contributed by atoms with Crippen LogP contribution in [0.1, 0.15) is 110 Å². The fraction of sp³-hybridized carbons (Fsp3) is 0.742. The van der Waals surface area contributed by atoms with Crippen LogP contribution in [-0.4, -0.2) is 56.0 Å². The Morgan fingerprint density at radius 2 is 1.35 bits per heavy atom. The second-order valence-electron chi connectivity index (χ2n) is 10.1. The van der Waals surface area contributed by atoms with Gasteiger partial charge in [0.2, 0.25) is 11.6 Å². The average molecular weight is 565 g/mol. The Bertz CT molecular complexity index is 820. The van der Waals surface area contributed by atoms with Crippen LogP contribution in [0.5, 0.6) is 0 Å². The molecule has 0 bridgehead atoms. The normalized spacial score (nSPS) is 10.8. The highest BCUT2D eigenvalue weighted by molar-refractivity contribution is 5.90. The van der Waals surface area contributed by atoms with Gasteiger partial charge in [0.1, 0.15) is 26.3 Å². The van der Waals surface area contributed by atoms with Crippen molar-refractivity contribution >= 4 is 18.1 Å². The molecule has 0 aromatic carbocycles. The van der Waals surface area contributed by atoms with Crippen molar-refractivity contribution in [3.63, 3.8) is 0 Å². The van der Waals surface area contributed by atoms with E-state index in [-0.39, 0.29) is 33.0 Å². The summed E-state index contributed by atoms with van der Waals surface area (Å²) in [6.07, 6.45) is 17.5. The van der Waals surface area contributed by atoms with Crippen LogP contribution < -0.4 is 9.88 Å². The number of rotatable bonds is 23. The Morgan fingerprint density at radius 3 is 1.93 bits per heavy atom. The lowest BCUT2D eigenvalue weighted by atomic mass is 10.0. The Morgan fingerprint density at radius 1 is 0.775 bits per heavy atom. The van der Waals surface area contributed by atoms with Crippen molar-refractivity contribution in [3.05, 3.63) is 30.1 Å². The zero-order chi connectivity index (χ0) is 29.3. The van der Waals surface area contributed by atoms with Gasteiger partial charge >= 0.3 is 12.2 Å². The maximum Gasteiger partial charge on any atom is 0.417 e. The summed E-state index contributed by atoms with van der Waals surface area (Å²) in [7, 11) is 0. The van der Waals surface area contributed by atoms with E-state index < -0.39 is 18.1 Å². The van der Waals surface area contributed by atoms with Crippen molar-refractivity contribution in [2.24, 2.45) is 0 Å². The van der Waals surface area contributed by atoms with Gasteiger partial charge in [0.25, 0.3) is 0 Å². The predicted octanol–water partition coefficient (Wildman–Crippen LogP) is 6.31. The Balaban J connectivity index is 1.97. The van der Waals surface area contributed by atoms with Gasteiger partial charge < -0.3 is 19.5 Å². The lowest BCUT2D eigenvalue weighted by Gasteiger charge is -2.17. The van der Waals surface area contributed by atoms with E-state index in [2.05, 4.69) is 12.2 Å². The first-order valence-corrected chi connectivity index (χ1v) is 15.4. The van der Waals surface area contributed by atoms with Gasteiger partial charge in [0.15, 0.2) is 6.20 Å². The van der Waals surface area contributed by atoms with Crippen LogP contribution in [0.25, 0.3) is 0 Å². The topological polar surface area (TPSA) is 98.1 Å². The van der Waals surface area contributed by atoms with Gasteiger partial charge in [-0.2, -0.15) is 0 Å². The minimum absolute atomic E-state index is 0.00355. The van der Waals surface area contributed by atoms with Gasteiger partial charge in [-0.15, -0.1) is 0 Å². The summed E-state index contributed by atoms with van der Waals surface area (Å²) in [6, 6.07) is 5.63. The summed E-state index contributed by atoms with van der Waals surface area (Å²) < 4.78 is 17.6. The number of pyridine rings is 1. The van der Waals surface area contributed by atoms with Gasteiger partial charge in [-0.25, -0.2) is 19.1 Å². The van der Waals surface area contributed by atoms with Gasteiger partial charge in [-0.3, -0.25) is 4.79 Å². The van der Waals surface area contributed by atoms with E-state index in [0.29, 0.717) is 6.54 Å². The number of nitrogens with one attached hydrogen (secondary N) is 1. The molecule has 1 aromatic heterocycles. The molecule has 1 rings (SSSR count). The molecule has 0 spiro atoms. The van der Waals surface area contributed by atoms with Crippen molar-refractivity contribution < 1.29 is 33.2 Å². The molecule has 0 aliphatic rings. The number of carbonyl (C=O) groups excluding carboxylic acids is 3. The molecule has 3 amide bonds. The van der Waals surface area contributed by atoms with Gasteiger partial charge in [0, 0.05) is 25.6 Å². The quantitative estimate of drug-likeness (QED) is 0.124. The molecule has 0 radical (unpaired) electrons. The number of hydrogen-bond donors (Lipinski definition) is 1. The predicted molar refractivity (Wildman–Crippen MR) is 156 cm³/mol. The molecule has 0 atom stereocenters. The highest BCUT2D eigenvalue weighted by Crippen LogP contribution is 2.12.